The molecule has 2 aliphatic rings. The van der Waals surface area contributed by atoms with Gasteiger partial charge in [-0.1, -0.05) is 12.5 Å². The maximum absolute atomic E-state index is 11.9. The third-order valence-electron chi connectivity index (χ3n) is 3.90. The number of esters is 1. The number of fused-ring (bicyclic) bond motifs is 1. The third-order valence-corrected chi connectivity index (χ3v) is 3.90. The fourth-order valence-corrected chi connectivity index (χ4v) is 3.04. The van der Waals surface area contributed by atoms with E-state index in [0.29, 0.717) is 6.42 Å². The molecule has 3 atom stereocenters. The standard InChI is InChI=1S/C13H19NO3/c1-3-9-5-4-6-10-7-8-11(15)14(10)12(9)13(16)17-2/h3,9-10,12H,1,4-8H2,2H3/t9-,10-,12-/m0/s1. The molecule has 2 heterocycles. The van der Waals surface area contributed by atoms with Gasteiger partial charge in [-0.25, -0.2) is 4.79 Å². The zero-order chi connectivity index (χ0) is 12.4. The van der Waals surface area contributed by atoms with Gasteiger partial charge in [-0.15, -0.1) is 6.58 Å². The Labute approximate surface area is 102 Å². The number of rotatable bonds is 2. The van der Waals surface area contributed by atoms with E-state index in [1.165, 1.54) is 7.11 Å². The molecule has 94 valence electrons. The lowest BCUT2D eigenvalue weighted by atomic mass is 9.94. The van der Waals surface area contributed by atoms with E-state index in [9.17, 15) is 9.59 Å². The van der Waals surface area contributed by atoms with Gasteiger partial charge < -0.3 is 9.64 Å². The highest BCUT2D eigenvalue weighted by Crippen LogP contribution is 2.34. The molecular formula is C13H19NO3. The summed E-state index contributed by atoms with van der Waals surface area (Å²) in [6.45, 7) is 3.79. The van der Waals surface area contributed by atoms with Crippen molar-refractivity contribution >= 4 is 11.9 Å². The number of hydrogen-bond donors (Lipinski definition) is 0. The molecule has 0 saturated carbocycles. The molecule has 0 unspecified atom stereocenters. The molecule has 0 N–H and O–H groups in total. The number of carbonyl (C=O) groups is 2. The van der Waals surface area contributed by atoms with Gasteiger partial charge >= 0.3 is 5.97 Å². The van der Waals surface area contributed by atoms with Crippen LogP contribution in [0.15, 0.2) is 12.7 Å². The number of methoxy groups -OCH3 is 1. The largest absolute Gasteiger partial charge is 0.467 e. The molecule has 2 rings (SSSR count). The van der Waals surface area contributed by atoms with Crippen molar-refractivity contribution in [3.63, 3.8) is 0 Å². The number of amides is 1. The average Bonchev–Trinajstić information content (AvgIpc) is 2.60. The van der Waals surface area contributed by atoms with Crippen LogP contribution in [0.1, 0.15) is 32.1 Å². The number of hydrogen-bond acceptors (Lipinski definition) is 3. The van der Waals surface area contributed by atoms with Crippen LogP contribution in [0.5, 0.6) is 0 Å². The summed E-state index contributed by atoms with van der Waals surface area (Å²) in [6, 6.07) is -0.239. The number of nitrogens with zero attached hydrogens (tertiary/aromatic N) is 1. The van der Waals surface area contributed by atoms with Crippen molar-refractivity contribution in [1.82, 2.24) is 4.90 Å². The van der Waals surface area contributed by atoms with Crippen LogP contribution in [0.3, 0.4) is 0 Å². The van der Waals surface area contributed by atoms with E-state index in [0.717, 1.165) is 25.7 Å². The van der Waals surface area contributed by atoms with Crippen molar-refractivity contribution in [3.8, 4) is 0 Å². The maximum atomic E-state index is 11.9. The summed E-state index contributed by atoms with van der Waals surface area (Å²) in [5.41, 5.74) is 0. The van der Waals surface area contributed by atoms with Gasteiger partial charge in [0, 0.05) is 18.4 Å². The van der Waals surface area contributed by atoms with Gasteiger partial charge in [-0.2, -0.15) is 0 Å². The first-order chi connectivity index (χ1) is 8.19. The van der Waals surface area contributed by atoms with Crippen LogP contribution in [0.2, 0.25) is 0 Å². The molecule has 0 bridgehead atoms. The maximum Gasteiger partial charge on any atom is 0.329 e. The van der Waals surface area contributed by atoms with Crippen molar-refractivity contribution < 1.29 is 14.3 Å². The summed E-state index contributed by atoms with van der Waals surface area (Å²) >= 11 is 0. The van der Waals surface area contributed by atoms with Gasteiger partial charge in [-0.05, 0) is 19.3 Å². The van der Waals surface area contributed by atoms with E-state index in [1.54, 1.807) is 11.0 Å². The molecule has 0 radical (unpaired) electrons. The normalized spacial score (nSPS) is 32.9. The van der Waals surface area contributed by atoms with E-state index < -0.39 is 6.04 Å². The van der Waals surface area contributed by atoms with Gasteiger partial charge in [0.05, 0.1) is 7.11 Å². The molecule has 0 aromatic rings. The van der Waals surface area contributed by atoms with Crippen LogP contribution in [-0.2, 0) is 14.3 Å². The van der Waals surface area contributed by atoms with Gasteiger partial charge in [0.2, 0.25) is 5.91 Å². The first-order valence-corrected chi connectivity index (χ1v) is 6.20. The van der Waals surface area contributed by atoms with Crippen molar-refractivity contribution in [2.24, 2.45) is 5.92 Å². The Bertz CT molecular complexity index is 340. The van der Waals surface area contributed by atoms with Gasteiger partial charge in [-0.3, -0.25) is 4.79 Å². The predicted octanol–water partition coefficient (Wildman–Crippen LogP) is 1.51. The molecule has 0 aromatic heterocycles. The monoisotopic (exact) mass is 237 g/mol. The van der Waals surface area contributed by atoms with Crippen molar-refractivity contribution in [3.05, 3.63) is 12.7 Å². The zero-order valence-corrected chi connectivity index (χ0v) is 10.2. The van der Waals surface area contributed by atoms with E-state index >= 15 is 0 Å². The second kappa shape index (κ2) is 4.90. The molecule has 0 spiro atoms. The minimum atomic E-state index is -0.458. The lowest BCUT2D eigenvalue weighted by Gasteiger charge is -2.32. The van der Waals surface area contributed by atoms with E-state index in [1.807, 2.05) is 0 Å². The molecule has 17 heavy (non-hydrogen) atoms. The molecule has 2 aliphatic heterocycles. The Morgan fingerprint density at radius 1 is 1.47 bits per heavy atom. The lowest BCUT2D eigenvalue weighted by molar-refractivity contribution is -0.153. The molecule has 0 aliphatic carbocycles. The summed E-state index contributed by atoms with van der Waals surface area (Å²) in [7, 11) is 1.38. The summed E-state index contributed by atoms with van der Waals surface area (Å²) in [5.74, 6) is -0.203. The molecule has 0 aromatic carbocycles. The number of carbonyl (C=O) groups excluding carboxylic acids is 2. The third kappa shape index (κ3) is 2.08. The van der Waals surface area contributed by atoms with Crippen LogP contribution < -0.4 is 0 Å². The SMILES string of the molecule is C=C[C@H]1CCC[C@H]2CCC(=O)N2[C@@H]1C(=O)OC. The smallest absolute Gasteiger partial charge is 0.329 e. The molecule has 2 saturated heterocycles. The first kappa shape index (κ1) is 12.1. The minimum absolute atomic E-state index is 0.0227. The lowest BCUT2D eigenvalue weighted by Crippen LogP contribution is -2.49. The Morgan fingerprint density at radius 3 is 2.88 bits per heavy atom. The van der Waals surface area contributed by atoms with Crippen molar-refractivity contribution in [2.45, 2.75) is 44.2 Å². The molecule has 1 amide bonds. The summed E-state index contributed by atoms with van der Waals surface area (Å²) in [4.78, 5) is 25.6. The highest BCUT2D eigenvalue weighted by atomic mass is 16.5. The van der Waals surface area contributed by atoms with Crippen LogP contribution >= 0.6 is 0 Å². The van der Waals surface area contributed by atoms with Crippen molar-refractivity contribution in [2.75, 3.05) is 7.11 Å². The summed E-state index contributed by atoms with van der Waals surface area (Å²) < 4.78 is 4.85. The highest BCUT2D eigenvalue weighted by molar-refractivity contribution is 5.86. The quantitative estimate of drug-likeness (QED) is 0.540. The topological polar surface area (TPSA) is 46.6 Å². The van der Waals surface area contributed by atoms with Crippen molar-refractivity contribution in [1.29, 1.82) is 0 Å². The molecule has 4 nitrogen and oxygen atoms in total. The fraction of sp³-hybridized carbons (Fsp3) is 0.692. The minimum Gasteiger partial charge on any atom is -0.467 e. The van der Waals surface area contributed by atoms with Crippen LogP contribution in [0, 0.1) is 5.92 Å². The zero-order valence-electron chi connectivity index (χ0n) is 10.2. The molecule has 4 heteroatoms. The van der Waals surface area contributed by atoms with E-state index in [-0.39, 0.29) is 23.8 Å². The fourth-order valence-electron chi connectivity index (χ4n) is 3.04. The highest BCUT2D eigenvalue weighted by Gasteiger charge is 2.44. The number of ether oxygens (including phenoxy) is 1. The Morgan fingerprint density at radius 2 is 2.24 bits per heavy atom. The predicted molar refractivity (Wildman–Crippen MR) is 63.2 cm³/mol. The summed E-state index contributed by atoms with van der Waals surface area (Å²) in [5, 5.41) is 0. The first-order valence-electron chi connectivity index (χ1n) is 6.20. The Balaban J connectivity index is 2.32. The van der Waals surface area contributed by atoms with Crippen LogP contribution in [-0.4, -0.2) is 36.0 Å². The average molecular weight is 237 g/mol. The summed E-state index contributed by atoms with van der Waals surface area (Å²) in [6.07, 6.45) is 6.15. The molecular weight excluding hydrogens is 218 g/mol. The van der Waals surface area contributed by atoms with E-state index in [4.69, 9.17) is 4.74 Å². The Hall–Kier alpha value is -1.32. The van der Waals surface area contributed by atoms with Gasteiger partial charge in [0.15, 0.2) is 0 Å². The van der Waals surface area contributed by atoms with Crippen LogP contribution in [0.25, 0.3) is 0 Å². The van der Waals surface area contributed by atoms with Gasteiger partial charge in [0.25, 0.3) is 0 Å². The van der Waals surface area contributed by atoms with Crippen LogP contribution in [0.4, 0.5) is 0 Å². The second-order valence-corrected chi connectivity index (χ2v) is 4.79. The Kier molecular flexibility index (Phi) is 3.50. The molecule has 2 fully saturated rings. The van der Waals surface area contributed by atoms with E-state index in [2.05, 4.69) is 6.58 Å². The second-order valence-electron chi connectivity index (χ2n) is 4.79. The van der Waals surface area contributed by atoms with Gasteiger partial charge in [0.1, 0.15) is 6.04 Å².